The van der Waals surface area contributed by atoms with E-state index in [2.05, 4.69) is 5.32 Å². The third-order valence-electron chi connectivity index (χ3n) is 8.35. The summed E-state index contributed by atoms with van der Waals surface area (Å²) in [4.78, 5) is 55.3. The molecule has 0 saturated heterocycles. The van der Waals surface area contributed by atoms with Gasteiger partial charge in [-0.2, -0.15) is 0 Å². The van der Waals surface area contributed by atoms with E-state index in [1.165, 1.54) is 45.0 Å². The van der Waals surface area contributed by atoms with Gasteiger partial charge in [0.25, 0.3) is 5.56 Å². The summed E-state index contributed by atoms with van der Waals surface area (Å²) in [6.45, 7) is 1.65. The second kappa shape index (κ2) is 9.28. The molecule has 3 atom stereocenters. The van der Waals surface area contributed by atoms with E-state index in [1.807, 2.05) is 0 Å². The highest BCUT2D eigenvalue weighted by Gasteiger charge is 2.63. The number of halogens is 3. The molecule has 2 aliphatic heterocycles. The fourth-order valence-corrected chi connectivity index (χ4v) is 6.48. The number of hydrogen-bond donors (Lipinski definition) is 1. The van der Waals surface area contributed by atoms with Gasteiger partial charge >= 0.3 is 5.69 Å². The lowest BCUT2D eigenvalue weighted by atomic mass is 9.66. The number of Topliss-reactive ketones (excluding diaryl/α,β-unsaturated/α-hetero) is 2. The van der Waals surface area contributed by atoms with Crippen molar-refractivity contribution in [2.75, 3.05) is 19.5 Å². The Morgan fingerprint density at radius 1 is 1.00 bits per heavy atom. The smallest absolute Gasteiger partial charge is 0.332 e. The Bertz CT molecular complexity index is 1910. The number of hydrogen-bond acceptors (Lipinski definition) is 8. The fourth-order valence-electron chi connectivity index (χ4n) is 6.21. The van der Waals surface area contributed by atoms with Crippen LogP contribution in [0.3, 0.4) is 0 Å². The number of ether oxygens (including phenoxy) is 3. The van der Waals surface area contributed by atoms with Gasteiger partial charge in [-0.05, 0) is 24.1 Å². The van der Waals surface area contributed by atoms with Crippen molar-refractivity contribution in [3.8, 4) is 17.2 Å². The normalized spacial score (nSPS) is 22.4. The summed E-state index contributed by atoms with van der Waals surface area (Å²) in [7, 11) is 5.43. The van der Waals surface area contributed by atoms with Crippen molar-refractivity contribution < 1.29 is 32.6 Å². The first-order chi connectivity index (χ1) is 19.9. The Morgan fingerprint density at radius 2 is 1.69 bits per heavy atom. The molecule has 3 aromatic rings. The predicted octanol–water partition coefficient (Wildman–Crippen LogP) is 3.47. The quantitative estimate of drug-likeness (QED) is 0.455. The van der Waals surface area contributed by atoms with Gasteiger partial charge < -0.3 is 19.5 Å². The number of allylic oxidation sites excluding steroid dienone is 1. The molecule has 1 aromatic heterocycles. The number of carbonyl (C=O) groups is 2. The van der Waals surface area contributed by atoms with Crippen LogP contribution in [0, 0.1) is 17.6 Å². The summed E-state index contributed by atoms with van der Waals surface area (Å²) < 4.78 is 47.6. The second-order valence-electron chi connectivity index (χ2n) is 10.5. The van der Waals surface area contributed by atoms with E-state index >= 15 is 0 Å². The molecule has 13 heteroatoms. The van der Waals surface area contributed by atoms with Crippen LogP contribution < -0.4 is 30.8 Å². The molecule has 1 N–H and O–H groups in total. The highest BCUT2D eigenvalue weighted by molar-refractivity contribution is 6.36. The molecule has 0 amide bonds. The van der Waals surface area contributed by atoms with Gasteiger partial charge in [-0.3, -0.25) is 23.5 Å². The highest BCUT2D eigenvalue weighted by Crippen LogP contribution is 2.56. The van der Waals surface area contributed by atoms with Gasteiger partial charge in [-0.1, -0.05) is 24.6 Å². The lowest BCUT2D eigenvalue weighted by Gasteiger charge is -2.42. The average molecular weight is 600 g/mol. The lowest BCUT2D eigenvalue weighted by Crippen LogP contribution is -2.58. The highest BCUT2D eigenvalue weighted by atomic mass is 35.5. The molecular weight excluding hydrogens is 576 g/mol. The van der Waals surface area contributed by atoms with Crippen LogP contribution in [0.15, 0.2) is 45.1 Å². The van der Waals surface area contributed by atoms with Gasteiger partial charge in [0.1, 0.15) is 27.9 Å². The Morgan fingerprint density at radius 3 is 2.33 bits per heavy atom. The van der Waals surface area contributed by atoms with Gasteiger partial charge in [0.2, 0.25) is 17.2 Å². The minimum atomic E-state index is -2.12. The topological polar surface area (TPSA) is 118 Å². The minimum Gasteiger partial charge on any atom is -0.496 e. The summed E-state index contributed by atoms with van der Waals surface area (Å²) in [5, 5.41) is 3.02. The zero-order chi connectivity index (χ0) is 30.4. The zero-order valence-electron chi connectivity index (χ0n) is 23.1. The molecule has 10 nitrogen and oxygen atoms in total. The number of benzene rings is 2. The van der Waals surface area contributed by atoms with E-state index in [1.54, 1.807) is 6.92 Å². The minimum absolute atomic E-state index is 0.0357. The van der Waals surface area contributed by atoms with Crippen LogP contribution >= 0.6 is 11.6 Å². The van der Waals surface area contributed by atoms with Crippen molar-refractivity contribution >= 4 is 29.0 Å². The van der Waals surface area contributed by atoms with E-state index in [0.717, 1.165) is 16.7 Å². The molecule has 3 heterocycles. The van der Waals surface area contributed by atoms with Gasteiger partial charge in [-0.15, -0.1) is 0 Å². The van der Waals surface area contributed by atoms with E-state index in [4.69, 9.17) is 25.8 Å². The zero-order valence-corrected chi connectivity index (χ0v) is 23.8. The maximum Gasteiger partial charge on any atom is 0.332 e. The summed E-state index contributed by atoms with van der Waals surface area (Å²) in [6.07, 6.45) is 0.0564. The fraction of sp³-hybridized carbons (Fsp3) is 0.310. The lowest BCUT2D eigenvalue weighted by molar-refractivity contribution is -0.130. The predicted molar refractivity (Wildman–Crippen MR) is 147 cm³/mol. The second-order valence-corrected chi connectivity index (χ2v) is 10.9. The Kier molecular flexibility index (Phi) is 6.12. The van der Waals surface area contributed by atoms with Crippen LogP contribution in [0.25, 0.3) is 0 Å². The first-order valence-electron chi connectivity index (χ1n) is 12.9. The molecule has 1 unspecified atom stereocenters. The van der Waals surface area contributed by atoms with Crippen molar-refractivity contribution in [2.45, 2.75) is 24.9 Å². The van der Waals surface area contributed by atoms with E-state index in [0.29, 0.717) is 5.70 Å². The summed E-state index contributed by atoms with van der Waals surface area (Å²) in [5.41, 5.74) is -3.27. The van der Waals surface area contributed by atoms with Crippen molar-refractivity contribution in [1.29, 1.82) is 0 Å². The third-order valence-corrected chi connectivity index (χ3v) is 8.71. The van der Waals surface area contributed by atoms with Crippen LogP contribution in [0.5, 0.6) is 17.2 Å². The number of fused-ring (bicyclic) bond motifs is 2. The van der Waals surface area contributed by atoms with Gasteiger partial charge in [0.05, 0.1) is 19.8 Å². The molecule has 6 rings (SSSR count). The molecule has 2 aromatic carbocycles. The van der Waals surface area contributed by atoms with Crippen LogP contribution in [0.4, 0.5) is 14.6 Å². The van der Waals surface area contributed by atoms with Crippen molar-refractivity contribution in [2.24, 2.45) is 20.0 Å². The summed E-state index contributed by atoms with van der Waals surface area (Å²) in [5.74, 6) is -5.63. The van der Waals surface area contributed by atoms with E-state index in [9.17, 15) is 28.0 Å². The maximum absolute atomic E-state index is 14.7. The van der Waals surface area contributed by atoms with Crippen molar-refractivity contribution in [1.82, 2.24) is 9.13 Å². The number of nitrogens with zero attached hydrogens (tertiary/aromatic N) is 2. The molecule has 0 radical (unpaired) electrons. The van der Waals surface area contributed by atoms with Gasteiger partial charge in [0.15, 0.2) is 17.4 Å². The first-order valence-corrected chi connectivity index (χ1v) is 13.2. The number of anilines is 1. The first kappa shape index (κ1) is 27.7. The molecule has 1 spiro atoms. The number of methoxy groups -OCH3 is 2. The number of carbonyl (C=O) groups excluding carboxylic acids is 2. The monoisotopic (exact) mass is 599 g/mol. The Hall–Kier alpha value is -4.45. The molecule has 42 heavy (non-hydrogen) atoms. The standard InChI is InChI=1S/C29H24ClF2N3O7/c1-11-8-15-19(24(36)29(11)25(37)20-16(40-4)10-17(41-5)22(30)23(20)42-29)18(12-6-7-13(31)14(32)9-12)21-26(33-15)34(2)28(39)35(3)27(21)38/h6-7,9-11,18,33H,8H2,1-5H3/t11-,18?,29+/m1/s1. The van der Waals surface area contributed by atoms with Crippen molar-refractivity contribution in [3.05, 3.63) is 89.7 Å². The summed E-state index contributed by atoms with van der Waals surface area (Å²) in [6, 6.07) is 4.44. The number of rotatable bonds is 3. The molecule has 0 saturated carbocycles. The molecule has 3 aliphatic rings. The largest absolute Gasteiger partial charge is 0.496 e. The molecule has 0 bridgehead atoms. The third kappa shape index (κ3) is 3.41. The van der Waals surface area contributed by atoms with E-state index in [-0.39, 0.29) is 56.8 Å². The Labute approximate surface area is 242 Å². The number of ketones is 2. The van der Waals surface area contributed by atoms with Crippen LogP contribution in [-0.2, 0) is 18.9 Å². The Balaban J connectivity index is 1.63. The number of nitrogens with one attached hydrogen (secondary N) is 1. The molecule has 0 fully saturated rings. The van der Waals surface area contributed by atoms with Crippen LogP contribution in [-0.4, -0.2) is 40.5 Å². The van der Waals surface area contributed by atoms with Gasteiger partial charge in [0, 0.05) is 43.3 Å². The molecular formula is C29H24ClF2N3O7. The van der Waals surface area contributed by atoms with Crippen molar-refractivity contribution in [3.63, 3.8) is 0 Å². The SMILES string of the molecule is COc1cc(OC)c2c(c1Cl)O[C@@]1(C(=O)C3=C(C[C@H]1C)Nc1c(c(=O)n(C)c(=O)n1C)C3c1ccc(F)c(F)c1)C2=O. The van der Waals surface area contributed by atoms with Crippen LogP contribution in [0.2, 0.25) is 5.02 Å². The van der Waals surface area contributed by atoms with E-state index < -0.39 is 51.9 Å². The summed E-state index contributed by atoms with van der Waals surface area (Å²) >= 11 is 6.53. The maximum atomic E-state index is 14.7. The molecule has 218 valence electrons. The average Bonchev–Trinajstić information content (AvgIpc) is 3.29. The molecule has 1 aliphatic carbocycles. The number of aromatic nitrogens is 2. The van der Waals surface area contributed by atoms with Gasteiger partial charge in [-0.25, -0.2) is 13.6 Å². The van der Waals surface area contributed by atoms with Crippen LogP contribution in [0.1, 0.15) is 40.7 Å².